The Kier molecular flexibility index (Phi) is 4.29. The molecule has 6 heteroatoms. The van der Waals surface area contributed by atoms with Gasteiger partial charge in [0.05, 0.1) is 5.39 Å². The van der Waals surface area contributed by atoms with E-state index in [-0.39, 0.29) is 11.4 Å². The third-order valence-electron chi connectivity index (χ3n) is 4.93. The lowest BCUT2D eigenvalue weighted by Crippen LogP contribution is -2.13. The van der Waals surface area contributed by atoms with Crippen LogP contribution in [0.15, 0.2) is 95.9 Å². The average molecular weight is 394 g/mol. The number of nitrogens with zero attached hydrogens (tertiary/aromatic N) is 2. The van der Waals surface area contributed by atoms with Gasteiger partial charge in [-0.2, -0.15) is 5.10 Å². The van der Waals surface area contributed by atoms with Crippen LogP contribution in [0.1, 0.15) is 0 Å². The van der Waals surface area contributed by atoms with Crippen LogP contribution in [0.5, 0.6) is 11.5 Å². The van der Waals surface area contributed by atoms with E-state index >= 15 is 0 Å². The van der Waals surface area contributed by atoms with Gasteiger partial charge in [-0.15, -0.1) is 0 Å². The first kappa shape index (κ1) is 17.8. The maximum Gasteiger partial charge on any atom is 0.289 e. The van der Waals surface area contributed by atoms with Gasteiger partial charge in [0, 0.05) is 17.4 Å². The molecule has 0 saturated carbocycles. The largest absolute Gasteiger partial charge is 0.457 e. The van der Waals surface area contributed by atoms with Crippen molar-refractivity contribution in [1.82, 2.24) is 14.8 Å². The number of aromatic nitrogens is 3. The van der Waals surface area contributed by atoms with Crippen molar-refractivity contribution in [1.29, 1.82) is 0 Å². The molecule has 0 saturated heterocycles. The molecule has 3 N–H and O–H groups in total. The average Bonchev–Trinajstić information content (AvgIpc) is 3.20. The van der Waals surface area contributed by atoms with Crippen LogP contribution in [0.2, 0.25) is 0 Å². The Balaban J connectivity index is 1.63. The minimum absolute atomic E-state index is 0.277. The summed E-state index contributed by atoms with van der Waals surface area (Å²) in [7, 11) is 0. The number of ether oxygens (including phenoxy) is 1. The van der Waals surface area contributed by atoms with Crippen molar-refractivity contribution in [3.05, 3.63) is 101 Å². The number of para-hydroxylation sites is 2. The van der Waals surface area contributed by atoms with E-state index in [1.54, 1.807) is 0 Å². The first-order chi connectivity index (χ1) is 14.7. The zero-order valence-electron chi connectivity index (χ0n) is 15.9. The molecular formula is C24H18N4O2. The highest BCUT2D eigenvalue weighted by molar-refractivity contribution is 6.02. The minimum atomic E-state index is -0.293. The lowest BCUT2D eigenvalue weighted by Gasteiger charge is -2.06. The Morgan fingerprint density at radius 3 is 2.17 bits per heavy atom. The fourth-order valence-corrected chi connectivity index (χ4v) is 3.55. The molecule has 0 radical (unpaired) electrons. The van der Waals surface area contributed by atoms with E-state index in [1.165, 1.54) is 0 Å². The first-order valence-corrected chi connectivity index (χ1v) is 9.49. The van der Waals surface area contributed by atoms with Crippen LogP contribution in [0, 0.1) is 0 Å². The number of hydrogen-bond donors (Lipinski definition) is 2. The maximum atomic E-state index is 12.6. The molecule has 146 valence electrons. The number of fused-ring (bicyclic) bond motifs is 1. The predicted octanol–water partition coefficient (Wildman–Crippen LogP) is 4.76. The monoisotopic (exact) mass is 394 g/mol. The summed E-state index contributed by atoms with van der Waals surface area (Å²) in [6, 6.07) is 26.9. The van der Waals surface area contributed by atoms with Crippen LogP contribution in [0.3, 0.4) is 0 Å². The van der Waals surface area contributed by atoms with Crippen LogP contribution in [-0.4, -0.2) is 14.8 Å². The van der Waals surface area contributed by atoms with Crippen LogP contribution in [-0.2, 0) is 0 Å². The number of nitrogen functional groups attached to an aromatic ring is 1. The number of rotatable bonds is 4. The highest BCUT2D eigenvalue weighted by Gasteiger charge is 2.18. The Morgan fingerprint density at radius 2 is 1.47 bits per heavy atom. The third kappa shape index (κ3) is 3.10. The van der Waals surface area contributed by atoms with Gasteiger partial charge in [-0.05, 0) is 42.0 Å². The highest BCUT2D eigenvalue weighted by atomic mass is 16.5. The summed E-state index contributed by atoms with van der Waals surface area (Å²) in [6.45, 7) is 0. The molecule has 30 heavy (non-hydrogen) atoms. The molecule has 5 rings (SSSR count). The predicted molar refractivity (Wildman–Crippen MR) is 118 cm³/mol. The minimum Gasteiger partial charge on any atom is -0.457 e. The van der Waals surface area contributed by atoms with Crippen LogP contribution >= 0.6 is 0 Å². The maximum absolute atomic E-state index is 12.6. The van der Waals surface area contributed by atoms with Crippen LogP contribution in [0.4, 0.5) is 5.82 Å². The molecule has 0 fully saturated rings. The number of H-pyrrole nitrogens is 1. The molecule has 5 aromatic rings. The van der Waals surface area contributed by atoms with E-state index in [1.807, 2.05) is 95.7 Å². The summed E-state index contributed by atoms with van der Waals surface area (Å²) in [6.07, 6.45) is 1.92. The smallest absolute Gasteiger partial charge is 0.289 e. The van der Waals surface area contributed by atoms with E-state index in [0.29, 0.717) is 10.9 Å². The standard InChI is InChI=1S/C24H18N4O2/c25-23-21-20(16-11-13-19(14-12-16)30-18-9-5-2-6-10-18)15-28(17-7-3-1-4-8-17)22(21)24(29)27-26-23/h1-15H,(H2,25,26)(H,27,29). The van der Waals surface area contributed by atoms with Gasteiger partial charge in [-0.25, -0.2) is 5.10 Å². The Hall–Kier alpha value is -4.32. The zero-order valence-corrected chi connectivity index (χ0v) is 15.9. The van der Waals surface area contributed by atoms with E-state index in [4.69, 9.17) is 10.5 Å². The van der Waals surface area contributed by atoms with Gasteiger partial charge in [0.1, 0.15) is 17.0 Å². The van der Waals surface area contributed by atoms with Crippen molar-refractivity contribution in [3.8, 4) is 28.3 Å². The van der Waals surface area contributed by atoms with Gasteiger partial charge < -0.3 is 15.0 Å². The molecule has 0 amide bonds. The summed E-state index contributed by atoms with van der Waals surface area (Å²) in [5, 5.41) is 7.08. The number of nitrogens with two attached hydrogens (primary N) is 1. The molecule has 0 aliphatic carbocycles. The van der Waals surface area contributed by atoms with Gasteiger partial charge in [-0.1, -0.05) is 48.5 Å². The van der Waals surface area contributed by atoms with Crippen molar-refractivity contribution in [2.75, 3.05) is 5.73 Å². The van der Waals surface area contributed by atoms with Crippen molar-refractivity contribution in [2.24, 2.45) is 0 Å². The second kappa shape index (κ2) is 7.25. The van der Waals surface area contributed by atoms with Gasteiger partial charge in [0.2, 0.25) is 0 Å². The molecule has 0 aliphatic heterocycles. The van der Waals surface area contributed by atoms with E-state index in [0.717, 1.165) is 28.3 Å². The van der Waals surface area contributed by atoms with Gasteiger partial charge in [0.25, 0.3) is 5.56 Å². The second-order valence-electron chi connectivity index (χ2n) is 6.85. The van der Waals surface area contributed by atoms with Crippen molar-refractivity contribution in [3.63, 3.8) is 0 Å². The van der Waals surface area contributed by atoms with Crippen LogP contribution in [0.25, 0.3) is 27.7 Å². The molecule has 0 unspecified atom stereocenters. The van der Waals surface area contributed by atoms with Crippen molar-refractivity contribution in [2.45, 2.75) is 0 Å². The summed E-state index contributed by atoms with van der Waals surface area (Å²) in [4.78, 5) is 12.6. The molecule has 0 spiro atoms. The normalized spacial score (nSPS) is 10.9. The van der Waals surface area contributed by atoms with Crippen molar-refractivity contribution >= 4 is 16.7 Å². The first-order valence-electron chi connectivity index (χ1n) is 9.49. The Morgan fingerprint density at radius 1 is 0.833 bits per heavy atom. The summed E-state index contributed by atoms with van der Waals surface area (Å²) >= 11 is 0. The number of anilines is 1. The van der Waals surface area contributed by atoms with Gasteiger partial charge in [-0.3, -0.25) is 4.79 Å². The van der Waals surface area contributed by atoms with Crippen molar-refractivity contribution < 1.29 is 4.74 Å². The van der Waals surface area contributed by atoms with E-state index < -0.39 is 0 Å². The highest BCUT2D eigenvalue weighted by Crippen LogP contribution is 2.34. The quantitative estimate of drug-likeness (QED) is 0.460. The number of benzene rings is 3. The fraction of sp³-hybridized carbons (Fsp3) is 0. The van der Waals surface area contributed by atoms with Crippen LogP contribution < -0.4 is 16.0 Å². The molecule has 6 nitrogen and oxygen atoms in total. The summed E-state index contributed by atoms with van der Waals surface area (Å²) < 4.78 is 7.72. The molecule has 0 atom stereocenters. The molecule has 0 aliphatic rings. The SMILES string of the molecule is Nc1n[nH]c(=O)c2c1c(-c1ccc(Oc3ccccc3)cc1)cn2-c1ccccc1. The topological polar surface area (TPSA) is 85.9 Å². The van der Waals surface area contributed by atoms with E-state index in [2.05, 4.69) is 10.2 Å². The summed E-state index contributed by atoms with van der Waals surface area (Å²) in [5.41, 5.74) is 8.95. The Bertz CT molecular complexity index is 1370. The molecule has 0 bridgehead atoms. The number of aromatic amines is 1. The zero-order chi connectivity index (χ0) is 20.5. The number of nitrogens with one attached hydrogen (secondary N) is 1. The Labute approximate surface area is 172 Å². The number of hydrogen-bond acceptors (Lipinski definition) is 4. The molecule has 2 heterocycles. The fourth-order valence-electron chi connectivity index (χ4n) is 3.55. The molecular weight excluding hydrogens is 376 g/mol. The molecule has 3 aromatic carbocycles. The summed E-state index contributed by atoms with van der Waals surface area (Å²) in [5.74, 6) is 1.77. The van der Waals surface area contributed by atoms with Gasteiger partial charge in [0.15, 0.2) is 5.82 Å². The lowest BCUT2D eigenvalue weighted by atomic mass is 10.1. The van der Waals surface area contributed by atoms with Gasteiger partial charge >= 0.3 is 0 Å². The van der Waals surface area contributed by atoms with E-state index in [9.17, 15) is 4.79 Å². The molecule has 2 aromatic heterocycles. The third-order valence-corrected chi connectivity index (χ3v) is 4.93. The lowest BCUT2D eigenvalue weighted by molar-refractivity contribution is 0.483. The second-order valence-corrected chi connectivity index (χ2v) is 6.85.